The van der Waals surface area contributed by atoms with Crippen molar-refractivity contribution in [2.24, 2.45) is 0 Å². The van der Waals surface area contributed by atoms with Gasteiger partial charge in [0.1, 0.15) is 0 Å². The molecule has 0 bridgehead atoms. The van der Waals surface area contributed by atoms with Gasteiger partial charge in [0.05, 0.1) is 16.5 Å². The molecule has 1 fully saturated rings. The number of halogens is 1. The molecule has 0 radical (unpaired) electrons. The van der Waals surface area contributed by atoms with E-state index in [-0.39, 0.29) is 16.8 Å². The van der Waals surface area contributed by atoms with Gasteiger partial charge in [-0.05, 0) is 70.9 Å². The van der Waals surface area contributed by atoms with Crippen LogP contribution in [0.25, 0.3) is 0 Å². The first-order valence-electron chi connectivity index (χ1n) is 9.15. The number of carbonyl (C=O) groups excluding carboxylic acids is 1. The van der Waals surface area contributed by atoms with Crippen LogP contribution in [-0.4, -0.2) is 31.7 Å². The number of sulfonamides is 1. The number of nitrogens with zero attached hydrogens (tertiary/aromatic N) is 1. The van der Waals surface area contributed by atoms with Gasteiger partial charge in [0.25, 0.3) is 5.91 Å². The summed E-state index contributed by atoms with van der Waals surface area (Å²) in [5.74, 6) is -0.262. The van der Waals surface area contributed by atoms with Gasteiger partial charge in [0.15, 0.2) is 0 Å². The highest BCUT2D eigenvalue weighted by atomic mass is 79.9. The van der Waals surface area contributed by atoms with Gasteiger partial charge in [-0.3, -0.25) is 4.79 Å². The van der Waals surface area contributed by atoms with E-state index >= 15 is 0 Å². The van der Waals surface area contributed by atoms with Crippen molar-refractivity contribution in [3.05, 3.63) is 63.6 Å². The number of fused-ring (bicyclic) bond motifs is 1. The molecule has 142 valence electrons. The van der Waals surface area contributed by atoms with Crippen LogP contribution in [0.15, 0.2) is 51.8 Å². The zero-order valence-electron chi connectivity index (χ0n) is 14.8. The lowest BCUT2D eigenvalue weighted by atomic mass is 10.1. The van der Waals surface area contributed by atoms with Gasteiger partial charge in [0, 0.05) is 17.6 Å². The van der Waals surface area contributed by atoms with Crippen molar-refractivity contribution < 1.29 is 13.2 Å². The first-order chi connectivity index (χ1) is 13.0. The van der Waals surface area contributed by atoms with Gasteiger partial charge >= 0.3 is 0 Å². The summed E-state index contributed by atoms with van der Waals surface area (Å²) in [7, 11) is -3.55. The molecule has 0 aromatic heterocycles. The Bertz CT molecular complexity index is 984. The van der Waals surface area contributed by atoms with Crippen molar-refractivity contribution in [3.8, 4) is 0 Å². The molecule has 0 spiro atoms. The molecule has 27 heavy (non-hydrogen) atoms. The van der Waals surface area contributed by atoms with Gasteiger partial charge in [-0.2, -0.15) is 4.31 Å². The summed E-state index contributed by atoms with van der Waals surface area (Å²) in [5.41, 5.74) is 2.75. The minimum absolute atomic E-state index is 0.0422. The average Bonchev–Trinajstić information content (AvgIpc) is 3.33. The molecule has 7 heteroatoms. The van der Waals surface area contributed by atoms with Crippen LogP contribution >= 0.6 is 15.9 Å². The van der Waals surface area contributed by atoms with E-state index in [9.17, 15) is 13.2 Å². The largest absolute Gasteiger partial charge is 0.345 e. The van der Waals surface area contributed by atoms with Gasteiger partial charge in [-0.15, -0.1) is 0 Å². The fourth-order valence-corrected chi connectivity index (χ4v) is 5.83. The Morgan fingerprint density at radius 1 is 1.11 bits per heavy atom. The summed E-state index contributed by atoms with van der Waals surface area (Å²) in [4.78, 5) is 13.1. The number of benzene rings is 2. The quantitative estimate of drug-likeness (QED) is 0.775. The van der Waals surface area contributed by atoms with E-state index in [4.69, 9.17) is 0 Å². The molecule has 1 atom stereocenters. The maximum atomic E-state index is 12.9. The summed E-state index contributed by atoms with van der Waals surface area (Å²) in [5, 5.41) is 3.06. The number of amides is 1. The summed E-state index contributed by atoms with van der Waals surface area (Å²) in [6.07, 6.45) is 3.55. The highest BCUT2D eigenvalue weighted by molar-refractivity contribution is 9.10. The van der Waals surface area contributed by atoms with Gasteiger partial charge in [-0.25, -0.2) is 8.42 Å². The molecule has 1 heterocycles. The van der Waals surface area contributed by atoms with E-state index in [0.717, 1.165) is 31.2 Å². The maximum Gasteiger partial charge on any atom is 0.252 e. The molecule has 5 nitrogen and oxygen atoms in total. The summed E-state index contributed by atoms with van der Waals surface area (Å²) < 4.78 is 27.7. The molecule has 2 aromatic rings. The zero-order valence-corrected chi connectivity index (χ0v) is 17.2. The molecule has 2 aromatic carbocycles. The van der Waals surface area contributed by atoms with Crippen LogP contribution in [0.4, 0.5) is 0 Å². The Balaban J connectivity index is 1.59. The third-order valence-electron chi connectivity index (χ3n) is 5.32. The van der Waals surface area contributed by atoms with E-state index < -0.39 is 10.0 Å². The van der Waals surface area contributed by atoms with Crippen molar-refractivity contribution in [3.63, 3.8) is 0 Å². The lowest BCUT2D eigenvalue weighted by molar-refractivity contribution is 0.0935. The molecular formula is C20H21BrN2O3S. The van der Waals surface area contributed by atoms with Crippen molar-refractivity contribution in [1.29, 1.82) is 0 Å². The monoisotopic (exact) mass is 448 g/mol. The minimum atomic E-state index is -3.55. The second kappa shape index (κ2) is 7.37. The number of hydrogen-bond acceptors (Lipinski definition) is 3. The van der Waals surface area contributed by atoms with E-state index in [1.165, 1.54) is 15.9 Å². The third kappa shape index (κ3) is 3.56. The van der Waals surface area contributed by atoms with Crippen molar-refractivity contribution >= 4 is 31.9 Å². The Hall–Kier alpha value is -1.70. The highest BCUT2D eigenvalue weighted by Gasteiger charge is 2.29. The molecule has 1 unspecified atom stereocenters. The lowest BCUT2D eigenvalue weighted by Gasteiger charge is -2.18. The van der Waals surface area contributed by atoms with Crippen molar-refractivity contribution in [2.45, 2.75) is 36.6 Å². The first kappa shape index (κ1) is 18.7. The van der Waals surface area contributed by atoms with Crippen LogP contribution in [0.1, 0.15) is 46.8 Å². The second-order valence-corrected chi connectivity index (χ2v) is 9.81. The molecular weight excluding hydrogens is 428 g/mol. The van der Waals surface area contributed by atoms with Crippen LogP contribution in [-0.2, 0) is 16.4 Å². The highest BCUT2D eigenvalue weighted by Crippen LogP contribution is 2.32. The van der Waals surface area contributed by atoms with Crippen LogP contribution < -0.4 is 5.32 Å². The Morgan fingerprint density at radius 2 is 1.85 bits per heavy atom. The second-order valence-electron chi connectivity index (χ2n) is 7.02. The maximum absolute atomic E-state index is 12.9. The van der Waals surface area contributed by atoms with Crippen LogP contribution in [0, 0.1) is 0 Å². The van der Waals surface area contributed by atoms with E-state index in [0.29, 0.717) is 23.1 Å². The average molecular weight is 449 g/mol. The lowest BCUT2D eigenvalue weighted by Crippen LogP contribution is -2.29. The van der Waals surface area contributed by atoms with Crippen LogP contribution in [0.2, 0.25) is 0 Å². The minimum Gasteiger partial charge on any atom is -0.345 e. The fraction of sp³-hybridized carbons (Fsp3) is 0.350. The molecule has 1 saturated heterocycles. The number of rotatable bonds is 4. The Kier molecular flexibility index (Phi) is 5.09. The predicted molar refractivity (Wildman–Crippen MR) is 107 cm³/mol. The molecule has 2 aliphatic rings. The molecule has 1 aliphatic heterocycles. The first-order valence-corrected chi connectivity index (χ1v) is 11.4. The summed E-state index contributed by atoms with van der Waals surface area (Å²) in [6.45, 7) is 1.08. The number of nitrogens with one attached hydrogen (secondary N) is 1. The van der Waals surface area contributed by atoms with Crippen molar-refractivity contribution in [1.82, 2.24) is 9.62 Å². The van der Waals surface area contributed by atoms with Crippen LogP contribution in [0.5, 0.6) is 0 Å². The molecule has 0 saturated carbocycles. The van der Waals surface area contributed by atoms with E-state index in [1.54, 1.807) is 12.1 Å². The van der Waals surface area contributed by atoms with Crippen LogP contribution in [0.3, 0.4) is 0 Å². The number of hydrogen-bond donors (Lipinski definition) is 1. The van der Waals surface area contributed by atoms with Crippen molar-refractivity contribution in [2.75, 3.05) is 13.1 Å². The molecule has 1 aliphatic carbocycles. The van der Waals surface area contributed by atoms with Gasteiger partial charge in [-0.1, -0.05) is 24.3 Å². The molecule has 1 amide bonds. The SMILES string of the molecule is O=C(NC1CCc2ccccc21)c1cc(S(=O)(=O)N2CCCC2)ccc1Br. The number of carbonyl (C=O) groups is 1. The standard InChI is InChI=1S/C20H21BrN2O3S/c21-18-9-8-15(27(25,26)23-11-3-4-12-23)13-17(18)20(24)22-19-10-7-14-5-1-2-6-16(14)19/h1-2,5-6,8-9,13,19H,3-4,7,10-12H2,(H,22,24). The van der Waals surface area contributed by atoms with Gasteiger partial charge < -0.3 is 5.32 Å². The normalized spacial score (nSPS) is 19.8. The Morgan fingerprint density at radius 3 is 2.63 bits per heavy atom. The predicted octanol–water partition coefficient (Wildman–Crippen LogP) is 3.65. The van der Waals surface area contributed by atoms with Gasteiger partial charge in [0.2, 0.25) is 10.0 Å². The Labute approximate surface area is 167 Å². The summed E-state index contributed by atoms with van der Waals surface area (Å²) in [6, 6.07) is 12.7. The van der Waals surface area contributed by atoms with E-state index in [1.807, 2.05) is 18.2 Å². The molecule has 1 N–H and O–H groups in total. The smallest absolute Gasteiger partial charge is 0.252 e. The fourth-order valence-electron chi connectivity index (χ4n) is 3.86. The third-order valence-corrected chi connectivity index (χ3v) is 7.91. The van der Waals surface area contributed by atoms with E-state index in [2.05, 4.69) is 27.3 Å². The zero-order chi connectivity index (χ0) is 19.0. The topological polar surface area (TPSA) is 66.5 Å². The molecule has 4 rings (SSSR count). The number of aryl methyl sites for hydroxylation is 1. The summed E-state index contributed by atoms with van der Waals surface area (Å²) >= 11 is 3.39.